The summed E-state index contributed by atoms with van der Waals surface area (Å²) in [5, 5.41) is 23.6. The molecule has 5 nitrogen and oxygen atoms in total. The van der Waals surface area contributed by atoms with Crippen molar-refractivity contribution in [2.45, 2.75) is 13.8 Å². The number of rotatable bonds is 3. The number of hydrogen-bond acceptors (Lipinski definition) is 4. The molecule has 0 aliphatic rings. The lowest BCUT2D eigenvalue weighted by Gasteiger charge is -2.06. The highest BCUT2D eigenvalue weighted by Gasteiger charge is 2.09. The zero-order valence-electron chi connectivity index (χ0n) is 12.1. The molecule has 1 amide bonds. The van der Waals surface area contributed by atoms with Gasteiger partial charge >= 0.3 is 0 Å². The summed E-state index contributed by atoms with van der Waals surface area (Å²) >= 11 is 5.98. The summed E-state index contributed by atoms with van der Waals surface area (Å²) in [5.74, 6) is -0.452. The van der Waals surface area contributed by atoms with Crippen molar-refractivity contribution in [2.24, 2.45) is 5.10 Å². The second-order valence-corrected chi connectivity index (χ2v) is 5.21. The summed E-state index contributed by atoms with van der Waals surface area (Å²) in [5.41, 5.74) is 4.34. The van der Waals surface area contributed by atoms with Gasteiger partial charge in [0.25, 0.3) is 5.91 Å². The lowest BCUT2D eigenvalue weighted by Crippen LogP contribution is -2.19. The van der Waals surface area contributed by atoms with Crippen molar-refractivity contribution >= 4 is 23.2 Å². The molecule has 0 spiro atoms. The van der Waals surface area contributed by atoms with E-state index in [1.54, 1.807) is 25.1 Å². The minimum absolute atomic E-state index is 0.000932. The maximum Gasteiger partial charge on any atom is 0.271 e. The van der Waals surface area contributed by atoms with E-state index in [1.165, 1.54) is 18.2 Å². The van der Waals surface area contributed by atoms with E-state index in [1.807, 2.05) is 6.92 Å². The smallest absolute Gasteiger partial charge is 0.271 e. The molecule has 2 aromatic rings. The molecule has 22 heavy (non-hydrogen) atoms. The fourth-order valence-corrected chi connectivity index (χ4v) is 1.99. The molecular weight excluding hydrogens is 304 g/mol. The Morgan fingerprint density at radius 2 is 1.91 bits per heavy atom. The van der Waals surface area contributed by atoms with Crippen molar-refractivity contribution in [2.75, 3.05) is 0 Å². The molecule has 0 saturated carbocycles. The third-order valence-electron chi connectivity index (χ3n) is 3.13. The Labute approximate surface area is 132 Å². The number of hydrazone groups is 1. The van der Waals surface area contributed by atoms with Crippen molar-refractivity contribution in [1.82, 2.24) is 5.43 Å². The van der Waals surface area contributed by atoms with Crippen LogP contribution in [0.5, 0.6) is 11.5 Å². The maximum atomic E-state index is 12.0. The second-order valence-electron chi connectivity index (χ2n) is 4.80. The van der Waals surface area contributed by atoms with Gasteiger partial charge < -0.3 is 10.2 Å². The van der Waals surface area contributed by atoms with Gasteiger partial charge in [-0.2, -0.15) is 5.10 Å². The van der Waals surface area contributed by atoms with E-state index in [-0.39, 0.29) is 11.5 Å². The highest BCUT2D eigenvalue weighted by Crippen LogP contribution is 2.22. The van der Waals surface area contributed by atoms with Crippen molar-refractivity contribution in [1.29, 1.82) is 0 Å². The zero-order chi connectivity index (χ0) is 16.3. The molecule has 0 radical (unpaired) electrons. The van der Waals surface area contributed by atoms with Crippen LogP contribution in [0.25, 0.3) is 0 Å². The Morgan fingerprint density at radius 1 is 1.18 bits per heavy atom. The summed E-state index contributed by atoms with van der Waals surface area (Å²) in [6.45, 7) is 3.45. The predicted octanol–water partition coefficient (Wildman–Crippen LogP) is 3.21. The first-order valence-electron chi connectivity index (χ1n) is 6.51. The molecule has 0 aliphatic heterocycles. The SMILES string of the molecule is C/C(=N/NC(=O)c1ccc(C)c(Cl)c1)c1cc(O)ccc1O. The number of halogens is 1. The van der Waals surface area contributed by atoms with Crippen molar-refractivity contribution in [3.05, 3.63) is 58.1 Å². The normalized spacial score (nSPS) is 11.3. The molecule has 0 unspecified atom stereocenters. The highest BCUT2D eigenvalue weighted by molar-refractivity contribution is 6.31. The molecular formula is C16H15ClN2O3. The number of phenolic OH excluding ortho intramolecular Hbond substituents is 2. The molecule has 0 saturated heterocycles. The first-order chi connectivity index (χ1) is 10.4. The summed E-state index contributed by atoms with van der Waals surface area (Å²) in [4.78, 5) is 12.0. The van der Waals surface area contributed by atoms with E-state index in [9.17, 15) is 15.0 Å². The van der Waals surface area contributed by atoms with Crippen molar-refractivity contribution < 1.29 is 15.0 Å². The largest absolute Gasteiger partial charge is 0.508 e. The molecule has 114 valence electrons. The zero-order valence-corrected chi connectivity index (χ0v) is 12.8. The number of amides is 1. The highest BCUT2D eigenvalue weighted by atomic mass is 35.5. The van der Waals surface area contributed by atoms with Crippen LogP contribution in [-0.4, -0.2) is 21.8 Å². The van der Waals surface area contributed by atoms with E-state index < -0.39 is 5.91 Å². The molecule has 0 bridgehead atoms. The molecule has 0 atom stereocenters. The summed E-state index contributed by atoms with van der Waals surface area (Å²) in [6, 6.07) is 9.03. The molecule has 6 heteroatoms. The van der Waals surface area contributed by atoms with Crippen LogP contribution >= 0.6 is 11.6 Å². The van der Waals surface area contributed by atoms with Crippen LogP contribution in [0.1, 0.15) is 28.4 Å². The third kappa shape index (κ3) is 3.56. The van der Waals surface area contributed by atoms with Crippen LogP contribution in [0, 0.1) is 6.92 Å². The fourth-order valence-electron chi connectivity index (χ4n) is 1.81. The lowest BCUT2D eigenvalue weighted by atomic mass is 10.1. The fraction of sp³-hybridized carbons (Fsp3) is 0.125. The number of aromatic hydroxyl groups is 2. The number of phenols is 2. The number of hydrogen-bond donors (Lipinski definition) is 3. The van der Waals surface area contributed by atoms with E-state index in [2.05, 4.69) is 10.5 Å². The first-order valence-corrected chi connectivity index (χ1v) is 6.89. The maximum absolute atomic E-state index is 12.0. The lowest BCUT2D eigenvalue weighted by molar-refractivity contribution is 0.0955. The summed E-state index contributed by atoms with van der Waals surface area (Å²) in [7, 11) is 0. The molecule has 2 rings (SSSR count). The minimum Gasteiger partial charge on any atom is -0.508 e. The quantitative estimate of drug-likeness (QED) is 0.461. The first kappa shape index (κ1) is 15.9. The van der Waals surface area contributed by atoms with E-state index in [4.69, 9.17) is 11.6 Å². The number of nitrogens with zero attached hydrogens (tertiary/aromatic N) is 1. The Hall–Kier alpha value is -2.53. The van der Waals surface area contributed by atoms with Gasteiger partial charge in [-0.3, -0.25) is 4.79 Å². The van der Waals surface area contributed by atoms with Gasteiger partial charge in [0.05, 0.1) is 5.71 Å². The number of nitrogens with one attached hydrogen (secondary N) is 1. The predicted molar refractivity (Wildman–Crippen MR) is 85.6 cm³/mol. The Morgan fingerprint density at radius 3 is 2.59 bits per heavy atom. The average molecular weight is 319 g/mol. The molecule has 0 aliphatic carbocycles. The Kier molecular flexibility index (Phi) is 4.68. The van der Waals surface area contributed by atoms with Crippen LogP contribution in [0.4, 0.5) is 0 Å². The Bertz CT molecular complexity index is 757. The standard InChI is InChI=1S/C16H15ClN2O3/c1-9-3-4-11(7-14(9)17)16(22)19-18-10(2)13-8-12(20)5-6-15(13)21/h3-8,20-21H,1-2H3,(H,19,22)/b18-10-. The topological polar surface area (TPSA) is 81.9 Å². The molecule has 0 aromatic heterocycles. The summed E-state index contributed by atoms with van der Waals surface area (Å²) < 4.78 is 0. The van der Waals surface area contributed by atoms with Gasteiger partial charge in [0.2, 0.25) is 0 Å². The molecule has 2 aromatic carbocycles. The van der Waals surface area contributed by atoms with E-state index in [0.29, 0.717) is 21.9 Å². The number of aryl methyl sites for hydroxylation is 1. The molecule has 0 heterocycles. The van der Waals surface area contributed by atoms with Crippen molar-refractivity contribution in [3.8, 4) is 11.5 Å². The molecule has 3 N–H and O–H groups in total. The third-order valence-corrected chi connectivity index (χ3v) is 3.54. The van der Waals surface area contributed by atoms with E-state index >= 15 is 0 Å². The van der Waals surface area contributed by atoms with Crippen LogP contribution in [0.3, 0.4) is 0 Å². The van der Waals surface area contributed by atoms with Crippen LogP contribution in [0.15, 0.2) is 41.5 Å². The number of benzene rings is 2. The summed E-state index contributed by atoms with van der Waals surface area (Å²) in [6.07, 6.45) is 0. The van der Waals surface area contributed by atoms with Gasteiger partial charge in [0.15, 0.2) is 0 Å². The number of carbonyl (C=O) groups excluding carboxylic acids is 1. The second kappa shape index (κ2) is 6.49. The van der Waals surface area contributed by atoms with Gasteiger partial charge in [0, 0.05) is 16.1 Å². The van der Waals surface area contributed by atoms with Crippen molar-refractivity contribution in [3.63, 3.8) is 0 Å². The van der Waals surface area contributed by atoms with Crippen LogP contribution in [0.2, 0.25) is 5.02 Å². The minimum atomic E-state index is -0.416. The number of carbonyl (C=O) groups is 1. The van der Waals surface area contributed by atoms with E-state index in [0.717, 1.165) is 5.56 Å². The Balaban J connectivity index is 2.18. The monoisotopic (exact) mass is 318 g/mol. The molecule has 0 fully saturated rings. The van der Waals surface area contributed by atoms with Gasteiger partial charge in [-0.25, -0.2) is 5.43 Å². The van der Waals surface area contributed by atoms with Gasteiger partial charge in [-0.1, -0.05) is 17.7 Å². The average Bonchev–Trinajstić information content (AvgIpc) is 2.49. The van der Waals surface area contributed by atoms with Gasteiger partial charge in [-0.15, -0.1) is 0 Å². The van der Waals surface area contributed by atoms with Gasteiger partial charge in [0.1, 0.15) is 11.5 Å². The van der Waals surface area contributed by atoms with Crippen LogP contribution < -0.4 is 5.43 Å². The van der Waals surface area contributed by atoms with Gasteiger partial charge in [-0.05, 0) is 49.7 Å². The van der Waals surface area contributed by atoms with Crippen LogP contribution in [-0.2, 0) is 0 Å².